The summed E-state index contributed by atoms with van der Waals surface area (Å²) in [7, 11) is 0. The van der Waals surface area contributed by atoms with E-state index in [0.717, 1.165) is 18.8 Å². The predicted molar refractivity (Wildman–Crippen MR) is 68.9 cm³/mol. The first kappa shape index (κ1) is 11.7. The van der Waals surface area contributed by atoms with Crippen molar-refractivity contribution in [3.8, 4) is 5.75 Å². The molecule has 2 nitrogen and oxygen atoms in total. The van der Waals surface area contributed by atoms with Gasteiger partial charge in [-0.05, 0) is 23.8 Å². The molecule has 1 N–H and O–H groups in total. The van der Waals surface area contributed by atoms with E-state index in [1.807, 2.05) is 42.5 Å². The van der Waals surface area contributed by atoms with Crippen molar-refractivity contribution >= 4 is 0 Å². The number of benzene rings is 2. The van der Waals surface area contributed by atoms with E-state index in [-0.39, 0.29) is 0 Å². The highest BCUT2D eigenvalue weighted by Crippen LogP contribution is 2.06. The molecule has 2 rings (SSSR count). The molecule has 1 radical (unpaired) electrons. The Morgan fingerprint density at radius 2 is 1.94 bits per heavy atom. The second kappa shape index (κ2) is 6.71. The zero-order valence-corrected chi connectivity index (χ0v) is 9.73. The third-order valence-electron chi connectivity index (χ3n) is 2.40. The first-order valence-electron chi connectivity index (χ1n) is 5.79. The van der Waals surface area contributed by atoms with Crippen LogP contribution in [0.2, 0.25) is 0 Å². The minimum atomic E-state index is 0.671. The second-order valence-corrected chi connectivity index (χ2v) is 3.75. The molecule has 2 aromatic rings. The fraction of sp³-hybridized carbons (Fsp3) is 0.200. The lowest BCUT2D eigenvalue weighted by atomic mass is 10.2. The van der Waals surface area contributed by atoms with E-state index >= 15 is 0 Å². The third kappa shape index (κ3) is 4.29. The minimum Gasteiger partial charge on any atom is -0.492 e. The number of hydrogen-bond acceptors (Lipinski definition) is 2. The Hall–Kier alpha value is -1.80. The van der Waals surface area contributed by atoms with Crippen LogP contribution in [0.4, 0.5) is 0 Å². The molecule has 0 aromatic heterocycles. The van der Waals surface area contributed by atoms with Crippen molar-refractivity contribution in [2.24, 2.45) is 0 Å². The molecule has 2 heteroatoms. The van der Waals surface area contributed by atoms with Crippen LogP contribution in [-0.4, -0.2) is 13.2 Å². The molecule has 87 valence electrons. The van der Waals surface area contributed by atoms with Gasteiger partial charge in [-0.3, -0.25) is 0 Å². The molecular formula is C15H16NO. The summed E-state index contributed by atoms with van der Waals surface area (Å²) >= 11 is 0. The maximum atomic E-state index is 5.55. The molecule has 0 heterocycles. The maximum absolute atomic E-state index is 5.55. The molecule has 0 fully saturated rings. The van der Waals surface area contributed by atoms with Crippen molar-refractivity contribution in [1.82, 2.24) is 5.32 Å². The molecule has 0 aliphatic rings. The fourth-order valence-corrected chi connectivity index (χ4v) is 1.54. The van der Waals surface area contributed by atoms with Crippen molar-refractivity contribution in [2.75, 3.05) is 13.2 Å². The lowest BCUT2D eigenvalue weighted by molar-refractivity contribution is 0.313. The van der Waals surface area contributed by atoms with Crippen LogP contribution in [0.3, 0.4) is 0 Å². The van der Waals surface area contributed by atoms with E-state index in [9.17, 15) is 0 Å². The van der Waals surface area contributed by atoms with E-state index in [4.69, 9.17) is 4.74 Å². The van der Waals surface area contributed by atoms with Crippen LogP contribution in [0, 0.1) is 6.07 Å². The zero-order chi connectivity index (χ0) is 11.8. The minimum absolute atomic E-state index is 0.671. The largest absolute Gasteiger partial charge is 0.492 e. The van der Waals surface area contributed by atoms with E-state index in [2.05, 4.69) is 23.5 Å². The smallest absolute Gasteiger partial charge is 0.119 e. The summed E-state index contributed by atoms with van der Waals surface area (Å²) in [5.74, 6) is 0.869. The van der Waals surface area contributed by atoms with Crippen LogP contribution in [0.5, 0.6) is 5.75 Å². The van der Waals surface area contributed by atoms with Crippen LogP contribution in [0.1, 0.15) is 5.56 Å². The normalized spacial score (nSPS) is 10.1. The van der Waals surface area contributed by atoms with Gasteiger partial charge in [-0.25, -0.2) is 0 Å². The van der Waals surface area contributed by atoms with Crippen molar-refractivity contribution in [2.45, 2.75) is 6.54 Å². The summed E-state index contributed by atoms with van der Waals surface area (Å²) in [6, 6.07) is 20.9. The average molecular weight is 226 g/mol. The molecule has 0 saturated heterocycles. The summed E-state index contributed by atoms with van der Waals surface area (Å²) in [4.78, 5) is 0. The molecule has 0 saturated carbocycles. The highest BCUT2D eigenvalue weighted by Gasteiger charge is 1.92. The molecule has 0 aliphatic carbocycles. The first-order chi connectivity index (χ1) is 8.45. The number of nitrogens with one attached hydrogen (secondary N) is 1. The molecule has 2 aromatic carbocycles. The van der Waals surface area contributed by atoms with Gasteiger partial charge in [0.25, 0.3) is 0 Å². The molecule has 0 spiro atoms. The highest BCUT2D eigenvalue weighted by atomic mass is 16.5. The van der Waals surface area contributed by atoms with Crippen molar-refractivity contribution in [3.05, 3.63) is 66.2 Å². The first-order valence-corrected chi connectivity index (χ1v) is 5.79. The van der Waals surface area contributed by atoms with Crippen molar-refractivity contribution in [3.63, 3.8) is 0 Å². The zero-order valence-electron chi connectivity index (χ0n) is 9.73. The third-order valence-corrected chi connectivity index (χ3v) is 2.40. The van der Waals surface area contributed by atoms with Gasteiger partial charge >= 0.3 is 0 Å². The van der Waals surface area contributed by atoms with E-state index in [0.29, 0.717) is 6.61 Å². The Bertz CT molecular complexity index is 372. The van der Waals surface area contributed by atoms with Crippen molar-refractivity contribution < 1.29 is 4.74 Å². The number of ether oxygens (including phenoxy) is 1. The van der Waals surface area contributed by atoms with E-state index in [1.165, 1.54) is 5.56 Å². The number of hydrogen-bond donors (Lipinski definition) is 1. The van der Waals surface area contributed by atoms with Crippen LogP contribution in [0.25, 0.3) is 0 Å². The molecule has 0 amide bonds. The monoisotopic (exact) mass is 226 g/mol. The van der Waals surface area contributed by atoms with Gasteiger partial charge in [0, 0.05) is 13.1 Å². The molecule has 0 bridgehead atoms. The van der Waals surface area contributed by atoms with Gasteiger partial charge in [-0.2, -0.15) is 0 Å². The molecular weight excluding hydrogens is 210 g/mol. The van der Waals surface area contributed by atoms with Gasteiger partial charge in [-0.1, -0.05) is 42.5 Å². The van der Waals surface area contributed by atoms with Crippen LogP contribution in [-0.2, 0) is 6.54 Å². The quantitative estimate of drug-likeness (QED) is 0.765. The van der Waals surface area contributed by atoms with Gasteiger partial charge < -0.3 is 10.1 Å². The van der Waals surface area contributed by atoms with Gasteiger partial charge in [0.15, 0.2) is 0 Å². The van der Waals surface area contributed by atoms with Gasteiger partial charge in [0.05, 0.1) is 0 Å². The Balaban J connectivity index is 1.61. The van der Waals surface area contributed by atoms with Gasteiger partial charge in [-0.15, -0.1) is 0 Å². The van der Waals surface area contributed by atoms with Crippen LogP contribution < -0.4 is 10.1 Å². The van der Waals surface area contributed by atoms with E-state index < -0.39 is 0 Å². The summed E-state index contributed by atoms with van der Waals surface area (Å²) in [5.41, 5.74) is 1.29. The summed E-state index contributed by atoms with van der Waals surface area (Å²) < 4.78 is 5.55. The highest BCUT2D eigenvalue weighted by molar-refractivity contribution is 5.20. The lowest BCUT2D eigenvalue weighted by Gasteiger charge is -2.07. The Morgan fingerprint density at radius 1 is 1.06 bits per heavy atom. The molecule has 0 aliphatic heterocycles. The van der Waals surface area contributed by atoms with E-state index in [1.54, 1.807) is 0 Å². The van der Waals surface area contributed by atoms with Gasteiger partial charge in [0.1, 0.15) is 12.4 Å². The summed E-state index contributed by atoms with van der Waals surface area (Å²) in [6.45, 7) is 2.39. The average Bonchev–Trinajstić information content (AvgIpc) is 2.41. The summed E-state index contributed by atoms with van der Waals surface area (Å²) in [5, 5.41) is 3.34. The fourth-order valence-electron chi connectivity index (χ4n) is 1.54. The molecule has 0 atom stereocenters. The molecule has 0 unspecified atom stereocenters. The topological polar surface area (TPSA) is 21.3 Å². The van der Waals surface area contributed by atoms with Crippen LogP contribution in [0.15, 0.2) is 54.6 Å². The Morgan fingerprint density at radius 3 is 2.71 bits per heavy atom. The molecule has 17 heavy (non-hydrogen) atoms. The Kier molecular flexibility index (Phi) is 4.61. The number of rotatable bonds is 6. The van der Waals surface area contributed by atoms with Gasteiger partial charge in [0.2, 0.25) is 0 Å². The Labute approximate surface area is 102 Å². The van der Waals surface area contributed by atoms with Crippen molar-refractivity contribution in [1.29, 1.82) is 0 Å². The predicted octanol–water partition coefficient (Wildman–Crippen LogP) is 2.66. The second-order valence-electron chi connectivity index (χ2n) is 3.75. The summed E-state index contributed by atoms with van der Waals surface area (Å²) in [6.07, 6.45) is 0. The van der Waals surface area contributed by atoms with Crippen LogP contribution >= 0.6 is 0 Å². The lowest BCUT2D eigenvalue weighted by Crippen LogP contribution is -2.20. The standard InChI is InChI=1S/C15H16NO/c1-3-7-14(8-4-1)13-16-11-12-17-15-9-5-2-6-10-15/h1-5,7-10,16H,11-13H2. The maximum Gasteiger partial charge on any atom is 0.119 e. The SMILES string of the molecule is [c]1cccc(OCCNCc2ccccc2)c1.